The van der Waals surface area contributed by atoms with Crippen molar-refractivity contribution < 1.29 is 33.8 Å². The molecule has 1 unspecified atom stereocenters. The molecule has 0 aromatic rings. The molecule has 15 heavy (non-hydrogen) atoms. The zero-order valence-corrected chi connectivity index (χ0v) is 7.34. The van der Waals surface area contributed by atoms with Gasteiger partial charge in [-0.3, -0.25) is 4.79 Å². The van der Waals surface area contributed by atoms with Crippen LogP contribution in [0.4, 0.5) is 0 Å². The van der Waals surface area contributed by atoms with E-state index in [0.29, 0.717) is 12.2 Å². The standard InChI is InChI=1S/C8H6O7/c9-5(10)1-2-6(11)14-4-3-7(12)15-8(4)13/h1-2,4H,3H2,(H,9,10)/b2-1-. The van der Waals surface area contributed by atoms with E-state index < -0.39 is 30.0 Å². The Morgan fingerprint density at radius 2 is 2.07 bits per heavy atom. The summed E-state index contributed by atoms with van der Waals surface area (Å²) in [6.07, 6.45) is -0.419. The Morgan fingerprint density at radius 1 is 1.40 bits per heavy atom. The summed E-state index contributed by atoms with van der Waals surface area (Å²) in [6.45, 7) is 0. The van der Waals surface area contributed by atoms with Crippen molar-refractivity contribution in [3.63, 3.8) is 0 Å². The number of hydrogen-bond acceptors (Lipinski definition) is 6. The molecule has 80 valence electrons. The number of carboxylic acid groups (broad SMARTS) is 1. The van der Waals surface area contributed by atoms with Crippen LogP contribution in [0.15, 0.2) is 12.2 Å². The van der Waals surface area contributed by atoms with Gasteiger partial charge in [0.15, 0.2) is 0 Å². The van der Waals surface area contributed by atoms with Gasteiger partial charge in [0.25, 0.3) is 0 Å². The molecule has 0 saturated carbocycles. The summed E-state index contributed by atoms with van der Waals surface area (Å²) in [7, 11) is 0. The molecular weight excluding hydrogens is 208 g/mol. The SMILES string of the molecule is O=C(O)/C=C\C(=O)OC1CC(=O)OC1=O. The minimum atomic E-state index is -1.32. The van der Waals surface area contributed by atoms with E-state index in [0.717, 1.165) is 0 Å². The molecule has 0 radical (unpaired) electrons. The lowest BCUT2D eigenvalue weighted by molar-refractivity contribution is -0.160. The van der Waals surface area contributed by atoms with Crippen molar-refractivity contribution in [2.45, 2.75) is 12.5 Å². The Kier molecular flexibility index (Phi) is 3.17. The number of aliphatic carboxylic acids is 1. The van der Waals surface area contributed by atoms with Crippen molar-refractivity contribution in [1.82, 2.24) is 0 Å². The van der Waals surface area contributed by atoms with Crippen LogP contribution >= 0.6 is 0 Å². The van der Waals surface area contributed by atoms with E-state index in [9.17, 15) is 19.2 Å². The van der Waals surface area contributed by atoms with Crippen molar-refractivity contribution in [2.75, 3.05) is 0 Å². The molecule has 1 atom stereocenters. The minimum absolute atomic E-state index is 0.342. The Balaban J connectivity index is 2.48. The van der Waals surface area contributed by atoms with E-state index >= 15 is 0 Å². The van der Waals surface area contributed by atoms with Gasteiger partial charge in [0.05, 0.1) is 6.42 Å². The van der Waals surface area contributed by atoms with Gasteiger partial charge < -0.3 is 14.6 Å². The zero-order valence-electron chi connectivity index (χ0n) is 7.34. The summed E-state index contributed by atoms with van der Waals surface area (Å²) < 4.78 is 8.56. The number of carbonyl (C=O) groups is 4. The van der Waals surface area contributed by atoms with Gasteiger partial charge in [0.1, 0.15) is 0 Å². The monoisotopic (exact) mass is 214 g/mol. The summed E-state index contributed by atoms with van der Waals surface area (Å²) in [4.78, 5) is 42.2. The van der Waals surface area contributed by atoms with Gasteiger partial charge in [0.2, 0.25) is 6.10 Å². The van der Waals surface area contributed by atoms with Gasteiger partial charge in [-0.05, 0) is 0 Å². The molecule has 1 saturated heterocycles. The van der Waals surface area contributed by atoms with Gasteiger partial charge in [0, 0.05) is 12.2 Å². The molecule has 1 fully saturated rings. The summed E-state index contributed by atoms with van der Waals surface area (Å²) in [5, 5.41) is 8.18. The van der Waals surface area contributed by atoms with Crippen molar-refractivity contribution in [1.29, 1.82) is 0 Å². The second kappa shape index (κ2) is 4.36. The van der Waals surface area contributed by atoms with Crippen LogP contribution in [0, 0.1) is 0 Å². The summed E-state index contributed by atoms with van der Waals surface area (Å²) in [6, 6.07) is 0. The second-order valence-electron chi connectivity index (χ2n) is 2.59. The first-order valence-electron chi connectivity index (χ1n) is 3.85. The van der Waals surface area contributed by atoms with Crippen LogP contribution in [0.2, 0.25) is 0 Å². The molecule has 7 heteroatoms. The van der Waals surface area contributed by atoms with Gasteiger partial charge in [-0.25, -0.2) is 14.4 Å². The quantitative estimate of drug-likeness (QED) is 0.365. The first kappa shape index (κ1) is 10.9. The number of ether oxygens (including phenoxy) is 2. The summed E-state index contributed by atoms with van der Waals surface area (Å²) >= 11 is 0. The molecule has 0 amide bonds. The zero-order chi connectivity index (χ0) is 11.4. The fraction of sp³-hybridized carbons (Fsp3) is 0.250. The first-order valence-corrected chi connectivity index (χ1v) is 3.85. The van der Waals surface area contributed by atoms with E-state index in [-0.39, 0.29) is 6.42 Å². The largest absolute Gasteiger partial charge is 0.478 e. The van der Waals surface area contributed by atoms with Gasteiger partial charge in [-0.1, -0.05) is 0 Å². The molecule has 1 aliphatic heterocycles. The number of carbonyl (C=O) groups excluding carboxylic acids is 3. The average Bonchev–Trinajstić information content (AvgIpc) is 2.42. The molecule has 0 bridgehead atoms. The van der Waals surface area contributed by atoms with E-state index in [1.54, 1.807) is 0 Å². The molecule has 1 rings (SSSR count). The van der Waals surface area contributed by atoms with Crippen molar-refractivity contribution in [3.8, 4) is 0 Å². The molecule has 1 aliphatic rings. The summed E-state index contributed by atoms with van der Waals surface area (Å²) in [5.41, 5.74) is 0. The highest BCUT2D eigenvalue weighted by Gasteiger charge is 2.36. The minimum Gasteiger partial charge on any atom is -0.478 e. The number of esters is 3. The van der Waals surface area contributed by atoms with Crippen molar-refractivity contribution >= 4 is 23.9 Å². The highest BCUT2D eigenvalue weighted by molar-refractivity contribution is 5.98. The fourth-order valence-electron chi connectivity index (χ4n) is 0.863. The van der Waals surface area contributed by atoms with Crippen molar-refractivity contribution in [3.05, 3.63) is 12.2 Å². The number of hydrogen-bond donors (Lipinski definition) is 1. The lowest BCUT2D eigenvalue weighted by atomic mass is 10.3. The number of cyclic esters (lactones) is 2. The Labute approximate surface area is 83.3 Å². The molecule has 0 aromatic carbocycles. The second-order valence-corrected chi connectivity index (χ2v) is 2.59. The Bertz CT molecular complexity index is 354. The van der Waals surface area contributed by atoms with Gasteiger partial charge in [-0.2, -0.15) is 0 Å². The van der Waals surface area contributed by atoms with E-state index in [1.807, 2.05) is 0 Å². The molecule has 7 nitrogen and oxygen atoms in total. The third-order valence-electron chi connectivity index (χ3n) is 1.45. The highest BCUT2D eigenvalue weighted by atomic mass is 16.6. The highest BCUT2D eigenvalue weighted by Crippen LogP contribution is 2.11. The van der Waals surface area contributed by atoms with E-state index in [4.69, 9.17) is 5.11 Å². The molecule has 1 N–H and O–H groups in total. The van der Waals surface area contributed by atoms with Crippen LogP contribution in [0.3, 0.4) is 0 Å². The Hall–Kier alpha value is -2.18. The molecular formula is C8H6O7. The maximum absolute atomic E-state index is 10.9. The Morgan fingerprint density at radius 3 is 2.53 bits per heavy atom. The average molecular weight is 214 g/mol. The van der Waals surface area contributed by atoms with Crippen molar-refractivity contribution in [2.24, 2.45) is 0 Å². The lowest BCUT2D eigenvalue weighted by Crippen LogP contribution is -2.21. The van der Waals surface area contributed by atoms with E-state index in [1.165, 1.54) is 0 Å². The maximum Gasteiger partial charge on any atom is 0.355 e. The van der Waals surface area contributed by atoms with Gasteiger partial charge >= 0.3 is 23.9 Å². The number of rotatable bonds is 3. The van der Waals surface area contributed by atoms with Crippen LogP contribution < -0.4 is 0 Å². The van der Waals surface area contributed by atoms with Gasteiger partial charge in [-0.15, -0.1) is 0 Å². The molecule has 1 heterocycles. The van der Waals surface area contributed by atoms with E-state index in [2.05, 4.69) is 9.47 Å². The number of carboxylic acids is 1. The topological polar surface area (TPSA) is 107 Å². The first-order chi connectivity index (χ1) is 6.99. The third-order valence-corrected chi connectivity index (χ3v) is 1.45. The smallest absolute Gasteiger partial charge is 0.355 e. The predicted octanol–water partition coefficient (Wildman–Crippen LogP) is -0.988. The molecule has 0 spiro atoms. The van der Waals surface area contributed by atoms with Crippen LogP contribution in [0.1, 0.15) is 6.42 Å². The third kappa shape index (κ3) is 3.22. The maximum atomic E-state index is 10.9. The lowest BCUT2D eigenvalue weighted by Gasteiger charge is -2.03. The van der Waals surface area contributed by atoms with Crippen LogP contribution in [0.25, 0.3) is 0 Å². The van der Waals surface area contributed by atoms with Crippen LogP contribution in [-0.2, 0) is 28.7 Å². The van der Waals surface area contributed by atoms with Crippen LogP contribution in [0.5, 0.6) is 0 Å². The summed E-state index contributed by atoms with van der Waals surface area (Å²) in [5.74, 6) is -4.07. The normalized spacial score (nSPS) is 20.4. The predicted molar refractivity (Wildman–Crippen MR) is 42.4 cm³/mol. The molecule has 0 aromatic heterocycles. The molecule has 0 aliphatic carbocycles. The van der Waals surface area contributed by atoms with Crippen LogP contribution in [-0.4, -0.2) is 35.1 Å². The fourth-order valence-corrected chi connectivity index (χ4v) is 0.863.